The number of aryl methyl sites for hydroxylation is 1. The largest absolute Gasteiger partial charge is 0.444 e. The number of hydrogen-bond acceptors (Lipinski definition) is 4. The van der Waals surface area contributed by atoms with Crippen LogP contribution in [0.1, 0.15) is 64.6 Å². The van der Waals surface area contributed by atoms with Crippen molar-refractivity contribution in [2.75, 3.05) is 11.9 Å². The molecule has 8 heteroatoms. The molecule has 35 heavy (non-hydrogen) atoms. The van der Waals surface area contributed by atoms with Crippen molar-refractivity contribution in [2.24, 2.45) is 0 Å². The lowest BCUT2D eigenvalue weighted by atomic mass is 10.0. The van der Waals surface area contributed by atoms with E-state index in [1.165, 1.54) is 4.90 Å². The number of halogens is 1. The minimum absolute atomic E-state index is 0.337. The number of rotatable bonds is 9. The second-order valence-electron chi connectivity index (χ2n) is 9.49. The molecule has 0 fully saturated rings. The van der Waals surface area contributed by atoms with Crippen molar-refractivity contribution in [1.29, 1.82) is 0 Å². The lowest BCUT2D eigenvalue weighted by Crippen LogP contribution is -2.51. The summed E-state index contributed by atoms with van der Waals surface area (Å²) in [6, 6.07) is 12.6. The van der Waals surface area contributed by atoms with Crippen molar-refractivity contribution in [3.8, 4) is 0 Å². The number of anilines is 1. The number of nitrogens with zero attached hydrogens (tertiary/aromatic N) is 1. The Morgan fingerprint density at radius 1 is 1.06 bits per heavy atom. The number of para-hydroxylation sites is 1. The SMILES string of the molecule is CCCCN(C(=O)C(C)NC(=O)OC(C)(C)C)C(C(=O)Nc1c(C)cccc1Cl)c1ccccc1. The molecule has 2 rings (SSSR count). The molecule has 2 aromatic carbocycles. The quantitative estimate of drug-likeness (QED) is 0.449. The molecular weight excluding hydrogens is 466 g/mol. The van der Waals surface area contributed by atoms with Crippen LogP contribution in [0.3, 0.4) is 0 Å². The highest BCUT2D eigenvalue weighted by molar-refractivity contribution is 6.34. The van der Waals surface area contributed by atoms with Gasteiger partial charge in [-0.25, -0.2) is 4.79 Å². The summed E-state index contributed by atoms with van der Waals surface area (Å²) in [5, 5.41) is 5.94. The minimum atomic E-state index is -0.922. The van der Waals surface area contributed by atoms with Crippen molar-refractivity contribution in [2.45, 2.75) is 72.1 Å². The first-order valence-electron chi connectivity index (χ1n) is 11.9. The molecule has 2 N–H and O–H groups in total. The van der Waals surface area contributed by atoms with Crippen LogP contribution in [0.4, 0.5) is 10.5 Å². The Balaban J connectivity index is 2.41. The van der Waals surface area contributed by atoms with Gasteiger partial charge in [-0.15, -0.1) is 0 Å². The molecule has 2 unspecified atom stereocenters. The number of alkyl carbamates (subject to hydrolysis) is 1. The molecule has 0 spiro atoms. The molecule has 2 atom stereocenters. The molecule has 190 valence electrons. The van der Waals surface area contributed by atoms with Crippen LogP contribution < -0.4 is 10.6 Å². The second-order valence-corrected chi connectivity index (χ2v) is 9.89. The molecule has 0 aromatic heterocycles. The van der Waals surface area contributed by atoms with E-state index in [4.69, 9.17) is 16.3 Å². The highest BCUT2D eigenvalue weighted by atomic mass is 35.5. The summed E-state index contributed by atoms with van der Waals surface area (Å²) in [5.41, 5.74) is 1.27. The van der Waals surface area contributed by atoms with Gasteiger partial charge < -0.3 is 20.3 Å². The second kappa shape index (κ2) is 12.6. The van der Waals surface area contributed by atoms with Gasteiger partial charge in [0.05, 0.1) is 10.7 Å². The predicted octanol–water partition coefficient (Wildman–Crippen LogP) is 5.87. The molecule has 2 aromatic rings. The fraction of sp³-hybridized carbons (Fsp3) is 0.444. The fourth-order valence-electron chi connectivity index (χ4n) is 3.58. The Labute approximate surface area is 213 Å². The molecule has 0 heterocycles. The van der Waals surface area contributed by atoms with Crippen LogP contribution in [-0.2, 0) is 14.3 Å². The van der Waals surface area contributed by atoms with Crippen molar-refractivity contribution in [1.82, 2.24) is 10.2 Å². The van der Waals surface area contributed by atoms with E-state index in [0.29, 0.717) is 29.2 Å². The summed E-state index contributed by atoms with van der Waals surface area (Å²) in [6.07, 6.45) is 0.818. The van der Waals surface area contributed by atoms with Gasteiger partial charge in [0.15, 0.2) is 0 Å². The van der Waals surface area contributed by atoms with E-state index in [0.717, 1.165) is 12.0 Å². The smallest absolute Gasteiger partial charge is 0.408 e. The lowest BCUT2D eigenvalue weighted by Gasteiger charge is -2.34. The molecule has 0 aliphatic rings. The van der Waals surface area contributed by atoms with Gasteiger partial charge in [0.25, 0.3) is 5.91 Å². The van der Waals surface area contributed by atoms with Gasteiger partial charge in [-0.05, 0) is 58.2 Å². The standard InChI is InChI=1S/C27H36ClN3O4/c1-7-8-17-31(25(33)19(3)29-26(34)35-27(4,5)6)23(20-14-10-9-11-15-20)24(32)30-22-18(2)13-12-16-21(22)28/h9-16,19,23H,7-8,17H2,1-6H3,(H,29,34)(H,30,32). The van der Waals surface area contributed by atoms with Gasteiger partial charge in [0.1, 0.15) is 17.7 Å². The average Bonchev–Trinajstić information content (AvgIpc) is 2.77. The first kappa shape index (κ1) is 28.2. The number of ether oxygens (including phenoxy) is 1. The van der Waals surface area contributed by atoms with Crippen LogP contribution in [0.15, 0.2) is 48.5 Å². The number of amides is 3. The zero-order chi connectivity index (χ0) is 26.2. The highest BCUT2D eigenvalue weighted by Gasteiger charge is 2.34. The van der Waals surface area contributed by atoms with E-state index in [1.807, 2.05) is 56.3 Å². The maximum absolute atomic E-state index is 13.7. The van der Waals surface area contributed by atoms with Crippen molar-refractivity contribution >= 4 is 35.2 Å². The molecule has 0 aliphatic heterocycles. The van der Waals surface area contributed by atoms with Gasteiger partial charge in [0.2, 0.25) is 5.91 Å². The molecular formula is C27H36ClN3O4. The Kier molecular flexibility index (Phi) is 10.1. The molecule has 0 radical (unpaired) electrons. The number of benzene rings is 2. The van der Waals surface area contributed by atoms with E-state index < -0.39 is 23.8 Å². The topological polar surface area (TPSA) is 87.7 Å². The van der Waals surface area contributed by atoms with Gasteiger partial charge in [-0.3, -0.25) is 9.59 Å². The monoisotopic (exact) mass is 501 g/mol. The molecule has 0 saturated heterocycles. The van der Waals surface area contributed by atoms with Crippen molar-refractivity contribution in [3.63, 3.8) is 0 Å². The van der Waals surface area contributed by atoms with E-state index in [9.17, 15) is 14.4 Å². The first-order chi connectivity index (χ1) is 16.4. The summed E-state index contributed by atoms with van der Waals surface area (Å²) in [6.45, 7) is 11.0. The van der Waals surface area contributed by atoms with E-state index in [1.54, 1.807) is 33.8 Å². The predicted molar refractivity (Wildman–Crippen MR) is 139 cm³/mol. The van der Waals surface area contributed by atoms with Crippen LogP contribution >= 0.6 is 11.6 Å². The molecule has 3 amide bonds. The average molecular weight is 502 g/mol. The highest BCUT2D eigenvalue weighted by Crippen LogP contribution is 2.29. The Morgan fingerprint density at radius 3 is 2.29 bits per heavy atom. The fourth-order valence-corrected chi connectivity index (χ4v) is 3.85. The van der Waals surface area contributed by atoms with Crippen molar-refractivity contribution < 1.29 is 19.1 Å². The molecule has 0 bridgehead atoms. The molecule has 7 nitrogen and oxygen atoms in total. The Bertz CT molecular complexity index is 1000. The van der Waals surface area contributed by atoms with Crippen molar-refractivity contribution in [3.05, 3.63) is 64.7 Å². The zero-order valence-electron chi connectivity index (χ0n) is 21.4. The number of hydrogen-bond donors (Lipinski definition) is 2. The van der Waals surface area contributed by atoms with Crippen LogP contribution in [0.25, 0.3) is 0 Å². The lowest BCUT2D eigenvalue weighted by molar-refractivity contribution is -0.140. The van der Waals surface area contributed by atoms with Gasteiger partial charge in [0, 0.05) is 6.54 Å². The summed E-state index contributed by atoms with van der Waals surface area (Å²) in [4.78, 5) is 41.1. The zero-order valence-corrected chi connectivity index (χ0v) is 22.1. The van der Waals surface area contributed by atoms with Gasteiger partial charge in [-0.2, -0.15) is 0 Å². The number of carbonyl (C=O) groups excluding carboxylic acids is 3. The third-order valence-electron chi connectivity index (χ3n) is 5.28. The van der Waals surface area contributed by atoms with Crippen LogP contribution in [0.2, 0.25) is 5.02 Å². The molecule has 0 aliphatic carbocycles. The number of unbranched alkanes of at least 4 members (excludes halogenated alkanes) is 1. The summed E-state index contributed by atoms with van der Waals surface area (Å²) >= 11 is 6.35. The van der Waals surface area contributed by atoms with E-state index in [2.05, 4.69) is 10.6 Å². The maximum atomic E-state index is 13.7. The summed E-state index contributed by atoms with van der Waals surface area (Å²) in [5.74, 6) is -0.773. The Morgan fingerprint density at radius 2 is 1.71 bits per heavy atom. The van der Waals surface area contributed by atoms with Crippen LogP contribution in [-0.4, -0.2) is 41.0 Å². The minimum Gasteiger partial charge on any atom is -0.444 e. The van der Waals surface area contributed by atoms with E-state index >= 15 is 0 Å². The van der Waals surface area contributed by atoms with Crippen LogP contribution in [0, 0.1) is 6.92 Å². The molecule has 0 saturated carbocycles. The third kappa shape index (κ3) is 8.28. The summed E-state index contributed by atoms with van der Waals surface area (Å²) in [7, 11) is 0. The van der Waals surface area contributed by atoms with Gasteiger partial charge >= 0.3 is 6.09 Å². The normalized spacial score (nSPS) is 12.9. The maximum Gasteiger partial charge on any atom is 0.408 e. The Hall–Kier alpha value is -3.06. The number of carbonyl (C=O) groups is 3. The van der Waals surface area contributed by atoms with Crippen LogP contribution in [0.5, 0.6) is 0 Å². The van der Waals surface area contributed by atoms with E-state index in [-0.39, 0.29) is 11.8 Å². The summed E-state index contributed by atoms with van der Waals surface area (Å²) < 4.78 is 5.30. The van der Waals surface area contributed by atoms with Gasteiger partial charge in [-0.1, -0.05) is 67.4 Å². The number of nitrogens with one attached hydrogen (secondary N) is 2. The third-order valence-corrected chi connectivity index (χ3v) is 5.60. The first-order valence-corrected chi connectivity index (χ1v) is 12.2.